The van der Waals surface area contributed by atoms with Crippen molar-refractivity contribution in [2.24, 2.45) is 0 Å². The molecule has 1 aliphatic rings. The fourth-order valence-corrected chi connectivity index (χ4v) is 4.72. The summed E-state index contributed by atoms with van der Waals surface area (Å²) < 4.78 is 38.6. The number of ether oxygens (including phenoxy) is 2. The number of benzene rings is 2. The molecule has 8 heteroatoms. The quantitative estimate of drug-likeness (QED) is 0.722. The van der Waals surface area contributed by atoms with E-state index >= 15 is 0 Å². The summed E-state index contributed by atoms with van der Waals surface area (Å²) in [6, 6.07) is 13.8. The third kappa shape index (κ3) is 4.38. The molecule has 0 amide bonds. The van der Waals surface area contributed by atoms with Crippen molar-refractivity contribution in [1.29, 1.82) is 0 Å². The molecule has 28 heavy (non-hydrogen) atoms. The Balaban J connectivity index is 1.86. The molecular weight excluding hydrogens is 402 g/mol. The fraction of sp³-hybridized carbons (Fsp3) is 0.350. The van der Waals surface area contributed by atoms with Gasteiger partial charge in [-0.25, -0.2) is 17.9 Å². The van der Waals surface area contributed by atoms with Crippen molar-refractivity contribution < 1.29 is 22.7 Å². The van der Waals surface area contributed by atoms with Crippen molar-refractivity contribution >= 4 is 27.6 Å². The average Bonchev–Trinajstić information content (AvgIpc) is 2.73. The maximum atomic E-state index is 12.9. The summed E-state index contributed by atoms with van der Waals surface area (Å²) in [4.78, 5) is 11.8. The zero-order valence-electron chi connectivity index (χ0n) is 15.5. The lowest BCUT2D eigenvalue weighted by atomic mass is 9.74. The predicted molar refractivity (Wildman–Crippen MR) is 106 cm³/mol. The predicted octanol–water partition coefficient (Wildman–Crippen LogP) is 3.15. The summed E-state index contributed by atoms with van der Waals surface area (Å²) in [5.41, 5.74) is 0.743. The Labute approximate surface area is 169 Å². The first-order chi connectivity index (χ1) is 13.4. The number of nitrogens with one attached hydrogen (secondary N) is 1. The maximum absolute atomic E-state index is 12.9. The van der Waals surface area contributed by atoms with Crippen molar-refractivity contribution in [2.45, 2.75) is 23.2 Å². The van der Waals surface area contributed by atoms with Crippen LogP contribution in [0.15, 0.2) is 53.4 Å². The van der Waals surface area contributed by atoms with Gasteiger partial charge in [0.1, 0.15) is 0 Å². The highest BCUT2D eigenvalue weighted by Gasteiger charge is 2.35. The lowest BCUT2D eigenvalue weighted by molar-refractivity contribution is 0.0517. The lowest BCUT2D eigenvalue weighted by Crippen LogP contribution is -2.44. The van der Waals surface area contributed by atoms with E-state index in [9.17, 15) is 13.2 Å². The van der Waals surface area contributed by atoms with Crippen LogP contribution in [0.4, 0.5) is 0 Å². The van der Waals surface area contributed by atoms with Crippen LogP contribution in [-0.4, -0.2) is 41.3 Å². The number of methoxy groups -OCH3 is 1. The van der Waals surface area contributed by atoms with Crippen molar-refractivity contribution in [2.75, 3.05) is 26.9 Å². The summed E-state index contributed by atoms with van der Waals surface area (Å²) in [5.74, 6) is -0.688. The van der Waals surface area contributed by atoms with Gasteiger partial charge < -0.3 is 9.47 Å². The number of hydrogen-bond acceptors (Lipinski definition) is 5. The van der Waals surface area contributed by atoms with E-state index in [1.54, 1.807) is 0 Å². The van der Waals surface area contributed by atoms with Gasteiger partial charge in [-0.15, -0.1) is 0 Å². The number of halogens is 1. The number of esters is 1. The van der Waals surface area contributed by atoms with Gasteiger partial charge in [-0.1, -0.05) is 41.9 Å². The molecule has 150 valence electrons. The van der Waals surface area contributed by atoms with E-state index in [4.69, 9.17) is 16.3 Å². The second-order valence-electron chi connectivity index (χ2n) is 6.72. The molecule has 0 spiro atoms. The van der Waals surface area contributed by atoms with Gasteiger partial charge in [-0.05, 0) is 36.6 Å². The average molecular weight is 424 g/mol. The molecule has 3 rings (SSSR count). The van der Waals surface area contributed by atoms with E-state index in [1.807, 2.05) is 30.3 Å². The van der Waals surface area contributed by atoms with Gasteiger partial charge in [0.2, 0.25) is 10.0 Å². The SMILES string of the molecule is COC(=O)c1cc(S(=O)(=O)NCC2(c3ccccc3)CCOCC2)ccc1Cl. The minimum Gasteiger partial charge on any atom is -0.465 e. The Morgan fingerprint density at radius 1 is 1.18 bits per heavy atom. The summed E-state index contributed by atoms with van der Waals surface area (Å²) in [6.07, 6.45) is 1.43. The topological polar surface area (TPSA) is 81.7 Å². The zero-order valence-corrected chi connectivity index (χ0v) is 17.1. The van der Waals surface area contributed by atoms with Crippen LogP contribution < -0.4 is 4.72 Å². The van der Waals surface area contributed by atoms with Crippen LogP contribution in [0.1, 0.15) is 28.8 Å². The van der Waals surface area contributed by atoms with Crippen LogP contribution in [0.2, 0.25) is 5.02 Å². The largest absolute Gasteiger partial charge is 0.465 e. The lowest BCUT2D eigenvalue weighted by Gasteiger charge is -2.37. The molecule has 0 aliphatic carbocycles. The highest BCUT2D eigenvalue weighted by molar-refractivity contribution is 7.89. The van der Waals surface area contributed by atoms with Gasteiger partial charge in [-0.3, -0.25) is 0 Å². The third-order valence-corrected chi connectivity index (χ3v) is 6.82. The summed E-state index contributed by atoms with van der Waals surface area (Å²) in [6.45, 7) is 1.38. The summed E-state index contributed by atoms with van der Waals surface area (Å²) in [7, 11) is -2.63. The molecule has 1 aliphatic heterocycles. The Kier molecular flexibility index (Phi) is 6.40. The highest BCUT2D eigenvalue weighted by Crippen LogP contribution is 2.34. The molecule has 0 atom stereocenters. The minimum atomic E-state index is -3.84. The molecule has 1 saturated heterocycles. The first-order valence-electron chi connectivity index (χ1n) is 8.89. The second kappa shape index (κ2) is 8.61. The molecule has 2 aromatic rings. The first kappa shape index (κ1) is 20.8. The molecule has 6 nitrogen and oxygen atoms in total. The van der Waals surface area contributed by atoms with Crippen LogP contribution in [0, 0.1) is 0 Å². The van der Waals surface area contributed by atoms with Crippen molar-refractivity contribution in [3.8, 4) is 0 Å². The molecule has 1 N–H and O–H groups in total. The maximum Gasteiger partial charge on any atom is 0.339 e. The Morgan fingerprint density at radius 3 is 2.50 bits per heavy atom. The van der Waals surface area contributed by atoms with Gasteiger partial charge in [-0.2, -0.15) is 0 Å². The van der Waals surface area contributed by atoms with E-state index in [0.717, 1.165) is 5.56 Å². The molecule has 0 bridgehead atoms. The molecule has 1 fully saturated rings. The van der Waals surface area contributed by atoms with E-state index in [1.165, 1.54) is 25.3 Å². The smallest absolute Gasteiger partial charge is 0.339 e. The van der Waals surface area contributed by atoms with E-state index in [2.05, 4.69) is 9.46 Å². The Morgan fingerprint density at radius 2 is 1.86 bits per heavy atom. The van der Waals surface area contributed by atoms with E-state index in [0.29, 0.717) is 26.1 Å². The Bertz CT molecular complexity index is 940. The van der Waals surface area contributed by atoms with Crippen molar-refractivity contribution in [3.63, 3.8) is 0 Å². The van der Waals surface area contributed by atoms with Crippen LogP contribution in [-0.2, 0) is 24.9 Å². The van der Waals surface area contributed by atoms with Gasteiger partial charge >= 0.3 is 5.97 Å². The molecule has 0 aromatic heterocycles. The highest BCUT2D eigenvalue weighted by atomic mass is 35.5. The fourth-order valence-electron chi connectivity index (χ4n) is 3.38. The molecular formula is C20H22ClNO5S. The van der Waals surface area contributed by atoms with E-state index < -0.39 is 16.0 Å². The molecule has 0 unspecified atom stereocenters. The van der Waals surface area contributed by atoms with Crippen molar-refractivity contribution in [3.05, 3.63) is 64.7 Å². The Hall–Kier alpha value is -1.93. The van der Waals surface area contributed by atoms with Crippen LogP contribution in [0.25, 0.3) is 0 Å². The van der Waals surface area contributed by atoms with Crippen LogP contribution >= 0.6 is 11.6 Å². The molecule has 2 aromatic carbocycles. The molecule has 0 radical (unpaired) electrons. The van der Waals surface area contributed by atoms with Gasteiger partial charge in [0.25, 0.3) is 0 Å². The number of hydrogen-bond donors (Lipinski definition) is 1. The second-order valence-corrected chi connectivity index (χ2v) is 8.89. The minimum absolute atomic E-state index is 0.0101. The van der Waals surface area contributed by atoms with E-state index in [-0.39, 0.29) is 27.4 Å². The molecule has 1 heterocycles. The monoisotopic (exact) mass is 423 g/mol. The van der Waals surface area contributed by atoms with Gasteiger partial charge in [0.15, 0.2) is 0 Å². The van der Waals surface area contributed by atoms with Crippen LogP contribution in [0.3, 0.4) is 0 Å². The number of carbonyl (C=O) groups excluding carboxylic acids is 1. The van der Waals surface area contributed by atoms with Gasteiger partial charge in [0.05, 0.1) is 22.6 Å². The normalized spacial score (nSPS) is 16.5. The first-order valence-corrected chi connectivity index (χ1v) is 10.7. The summed E-state index contributed by atoms with van der Waals surface area (Å²) in [5, 5.41) is 0.135. The van der Waals surface area contributed by atoms with Gasteiger partial charge in [0, 0.05) is 25.2 Å². The summed E-state index contributed by atoms with van der Waals surface area (Å²) >= 11 is 5.99. The standard InChI is InChI=1S/C20H22ClNO5S/c1-26-19(23)17-13-16(7-8-18(17)21)28(24,25)22-14-20(9-11-27-12-10-20)15-5-3-2-4-6-15/h2-8,13,22H,9-12,14H2,1H3. The zero-order chi connectivity index (χ0) is 20.2. The molecule has 0 saturated carbocycles. The number of rotatable bonds is 6. The third-order valence-electron chi connectivity index (χ3n) is 5.09. The number of carbonyl (C=O) groups is 1. The number of sulfonamides is 1. The van der Waals surface area contributed by atoms with Crippen molar-refractivity contribution in [1.82, 2.24) is 4.72 Å². The van der Waals surface area contributed by atoms with Crippen LogP contribution in [0.5, 0.6) is 0 Å².